The minimum atomic E-state index is 0.194. The van der Waals surface area contributed by atoms with E-state index in [1.165, 1.54) is 0 Å². The van der Waals surface area contributed by atoms with Crippen molar-refractivity contribution in [1.29, 1.82) is 0 Å². The number of nitrogen functional groups attached to an aromatic ring is 1. The molecule has 0 atom stereocenters. The van der Waals surface area contributed by atoms with Crippen molar-refractivity contribution in [3.05, 3.63) is 0 Å². The molecule has 0 bridgehead atoms. The van der Waals surface area contributed by atoms with E-state index >= 15 is 0 Å². The second-order valence-electron chi connectivity index (χ2n) is 4.50. The summed E-state index contributed by atoms with van der Waals surface area (Å²) in [4.78, 5) is 16.7. The van der Waals surface area contributed by atoms with Crippen LogP contribution in [0.1, 0.15) is 20.3 Å². The topological polar surface area (TPSA) is 80.4 Å². The summed E-state index contributed by atoms with van der Waals surface area (Å²) in [7, 11) is 4.08. The van der Waals surface area contributed by atoms with Crippen LogP contribution in [0.2, 0.25) is 0 Å². The molecule has 0 unspecified atom stereocenters. The van der Waals surface area contributed by atoms with Gasteiger partial charge in [-0.05, 0) is 27.4 Å². The van der Waals surface area contributed by atoms with Gasteiger partial charge in [-0.25, -0.2) is 0 Å². The SMILES string of the molecule is CCCN(CCN(C)C)c1nc(N)nc(OCC)n1. The lowest BCUT2D eigenvalue weighted by molar-refractivity contribution is 0.312. The van der Waals surface area contributed by atoms with Crippen LogP contribution in [0.25, 0.3) is 0 Å². The van der Waals surface area contributed by atoms with Crippen molar-refractivity contribution in [3.63, 3.8) is 0 Å². The van der Waals surface area contributed by atoms with Crippen molar-refractivity contribution in [2.45, 2.75) is 20.3 Å². The Morgan fingerprint density at radius 3 is 2.37 bits per heavy atom. The van der Waals surface area contributed by atoms with Crippen LogP contribution < -0.4 is 15.4 Å². The van der Waals surface area contributed by atoms with E-state index in [9.17, 15) is 0 Å². The summed E-state index contributed by atoms with van der Waals surface area (Å²) in [6.07, 6.45) is 1.02. The average Bonchev–Trinajstić information content (AvgIpc) is 2.34. The zero-order valence-corrected chi connectivity index (χ0v) is 12.3. The Morgan fingerprint density at radius 1 is 1.05 bits per heavy atom. The lowest BCUT2D eigenvalue weighted by Crippen LogP contribution is -2.33. The Hall–Kier alpha value is -1.63. The molecule has 0 aliphatic heterocycles. The summed E-state index contributed by atoms with van der Waals surface area (Å²) in [5.74, 6) is 0.777. The number of nitrogens with zero attached hydrogens (tertiary/aromatic N) is 5. The molecular weight excluding hydrogens is 244 g/mol. The summed E-state index contributed by atoms with van der Waals surface area (Å²) in [6.45, 7) is 7.16. The van der Waals surface area contributed by atoms with E-state index in [4.69, 9.17) is 10.5 Å². The molecule has 1 aromatic heterocycles. The normalized spacial score (nSPS) is 10.8. The fraction of sp³-hybridized carbons (Fsp3) is 0.750. The van der Waals surface area contributed by atoms with Gasteiger partial charge in [0.25, 0.3) is 0 Å². The molecule has 2 N–H and O–H groups in total. The first-order chi connectivity index (χ1) is 9.06. The molecule has 1 rings (SSSR count). The smallest absolute Gasteiger partial charge is 0.323 e. The number of anilines is 2. The number of ether oxygens (including phenoxy) is 1. The van der Waals surface area contributed by atoms with Gasteiger partial charge in [-0.2, -0.15) is 15.0 Å². The van der Waals surface area contributed by atoms with E-state index in [0.717, 1.165) is 26.1 Å². The maximum atomic E-state index is 5.70. The highest BCUT2D eigenvalue weighted by Crippen LogP contribution is 2.13. The van der Waals surface area contributed by atoms with Gasteiger partial charge >= 0.3 is 6.01 Å². The summed E-state index contributed by atoms with van der Waals surface area (Å²) in [6, 6.07) is 0.288. The summed E-state index contributed by atoms with van der Waals surface area (Å²) in [5.41, 5.74) is 5.70. The van der Waals surface area contributed by atoms with Gasteiger partial charge in [-0.1, -0.05) is 6.92 Å². The zero-order valence-electron chi connectivity index (χ0n) is 12.3. The predicted molar refractivity (Wildman–Crippen MR) is 76.5 cm³/mol. The summed E-state index contributed by atoms with van der Waals surface area (Å²) < 4.78 is 5.30. The predicted octanol–water partition coefficient (Wildman–Crippen LogP) is 0.631. The minimum absolute atomic E-state index is 0.194. The van der Waals surface area contributed by atoms with Crippen LogP contribution in [0, 0.1) is 0 Å². The van der Waals surface area contributed by atoms with E-state index in [0.29, 0.717) is 12.6 Å². The molecule has 0 aliphatic rings. The van der Waals surface area contributed by atoms with E-state index < -0.39 is 0 Å². The van der Waals surface area contributed by atoms with Crippen molar-refractivity contribution >= 4 is 11.9 Å². The molecular formula is C12H24N6O. The Morgan fingerprint density at radius 2 is 1.79 bits per heavy atom. The Balaban J connectivity index is 2.87. The third-order valence-electron chi connectivity index (χ3n) is 2.49. The average molecular weight is 268 g/mol. The molecule has 0 fully saturated rings. The Labute approximate surface area is 114 Å². The first kappa shape index (κ1) is 15.4. The molecule has 7 nitrogen and oxygen atoms in total. The van der Waals surface area contributed by atoms with Gasteiger partial charge in [-0.3, -0.25) is 0 Å². The maximum absolute atomic E-state index is 5.70. The third-order valence-corrected chi connectivity index (χ3v) is 2.49. The van der Waals surface area contributed by atoms with E-state index in [1.54, 1.807) is 0 Å². The molecule has 0 aliphatic carbocycles. The second kappa shape index (κ2) is 7.73. The van der Waals surface area contributed by atoms with Gasteiger partial charge in [0.15, 0.2) is 0 Å². The van der Waals surface area contributed by atoms with Crippen LogP contribution in [-0.4, -0.2) is 60.2 Å². The maximum Gasteiger partial charge on any atom is 0.323 e. The van der Waals surface area contributed by atoms with Crippen LogP contribution in [0.5, 0.6) is 6.01 Å². The standard InChI is InChI=1S/C12H24N6O/c1-5-7-18(9-8-17(3)4)11-14-10(13)15-12(16-11)19-6-2/h5-9H2,1-4H3,(H2,13,14,15,16). The van der Waals surface area contributed by atoms with E-state index in [-0.39, 0.29) is 12.0 Å². The molecule has 19 heavy (non-hydrogen) atoms. The monoisotopic (exact) mass is 268 g/mol. The summed E-state index contributed by atoms with van der Waals surface area (Å²) in [5, 5.41) is 0. The van der Waals surface area contributed by atoms with Gasteiger partial charge in [0.1, 0.15) is 0 Å². The van der Waals surface area contributed by atoms with Gasteiger partial charge in [0, 0.05) is 19.6 Å². The van der Waals surface area contributed by atoms with Crippen LogP contribution in [0.15, 0.2) is 0 Å². The summed E-state index contributed by atoms with van der Waals surface area (Å²) >= 11 is 0. The molecule has 0 amide bonds. The lowest BCUT2D eigenvalue weighted by atomic mass is 10.4. The molecule has 0 spiro atoms. The number of rotatable bonds is 8. The largest absolute Gasteiger partial charge is 0.464 e. The lowest BCUT2D eigenvalue weighted by Gasteiger charge is -2.24. The molecule has 0 saturated carbocycles. The zero-order chi connectivity index (χ0) is 14.3. The first-order valence-electron chi connectivity index (χ1n) is 6.60. The highest BCUT2D eigenvalue weighted by atomic mass is 16.5. The quantitative estimate of drug-likeness (QED) is 0.740. The first-order valence-corrected chi connectivity index (χ1v) is 6.60. The number of nitrogens with two attached hydrogens (primary N) is 1. The molecule has 1 aromatic rings. The van der Waals surface area contributed by atoms with Gasteiger partial charge in [0.2, 0.25) is 11.9 Å². The molecule has 0 aromatic carbocycles. The highest BCUT2D eigenvalue weighted by Gasteiger charge is 2.12. The number of hydrogen-bond donors (Lipinski definition) is 1. The van der Waals surface area contributed by atoms with Gasteiger partial charge in [-0.15, -0.1) is 0 Å². The van der Waals surface area contributed by atoms with Crippen molar-refractivity contribution in [1.82, 2.24) is 19.9 Å². The highest BCUT2D eigenvalue weighted by molar-refractivity contribution is 5.35. The van der Waals surface area contributed by atoms with Crippen molar-refractivity contribution in [2.24, 2.45) is 0 Å². The molecule has 0 radical (unpaired) electrons. The molecule has 108 valence electrons. The minimum Gasteiger partial charge on any atom is -0.464 e. The van der Waals surface area contributed by atoms with Crippen LogP contribution in [0.3, 0.4) is 0 Å². The number of likely N-dealkylation sites (N-methyl/N-ethyl adjacent to an activating group) is 1. The third kappa shape index (κ3) is 5.25. The van der Waals surface area contributed by atoms with Crippen LogP contribution >= 0.6 is 0 Å². The van der Waals surface area contributed by atoms with E-state index in [2.05, 4.69) is 31.7 Å². The second-order valence-corrected chi connectivity index (χ2v) is 4.50. The van der Waals surface area contributed by atoms with E-state index in [1.807, 2.05) is 21.0 Å². The Bertz CT molecular complexity index is 384. The van der Waals surface area contributed by atoms with Crippen molar-refractivity contribution < 1.29 is 4.74 Å². The number of hydrogen-bond acceptors (Lipinski definition) is 7. The molecule has 7 heteroatoms. The molecule has 1 heterocycles. The van der Waals surface area contributed by atoms with Gasteiger partial charge < -0.3 is 20.3 Å². The van der Waals surface area contributed by atoms with Crippen LogP contribution in [0.4, 0.5) is 11.9 Å². The Kier molecular flexibility index (Phi) is 6.27. The number of aromatic nitrogens is 3. The molecule has 0 saturated heterocycles. The fourth-order valence-electron chi connectivity index (χ4n) is 1.60. The van der Waals surface area contributed by atoms with Crippen molar-refractivity contribution in [3.8, 4) is 6.01 Å². The van der Waals surface area contributed by atoms with Crippen molar-refractivity contribution in [2.75, 3.05) is 51.0 Å². The fourth-order valence-corrected chi connectivity index (χ4v) is 1.60. The van der Waals surface area contributed by atoms with Crippen LogP contribution in [-0.2, 0) is 0 Å². The van der Waals surface area contributed by atoms with Gasteiger partial charge in [0.05, 0.1) is 6.61 Å².